The molecule has 0 atom stereocenters. The molecule has 2 aromatic rings. The molecule has 0 saturated heterocycles. The lowest BCUT2D eigenvalue weighted by molar-refractivity contribution is 1.08. The van der Waals surface area contributed by atoms with Gasteiger partial charge in [-0.2, -0.15) is 0 Å². The largest absolute Gasteiger partial charge is 0.382 e. The predicted octanol–water partition coefficient (Wildman–Crippen LogP) is 2.39. The summed E-state index contributed by atoms with van der Waals surface area (Å²) in [6.07, 6.45) is 4.28. The van der Waals surface area contributed by atoms with Gasteiger partial charge in [-0.1, -0.05) is 19.1 Å². The van der Waals surface area contributed by atoms with Crippen LogP contribution >= 0.6 is 0 Å². The quantitative estimate of drug-likeness (QED) is 0.876. The van der Waals surface area contributed by atoms with Crippen molar-refractivity contribution in [3.63, 3.8) is 0 Å². The number of aromatic nitrogens is 2. The molecule has 1 aromatic heterocycles. The Morgan fingerprint density at radius 2 is 1.82 bits per heavy atom. The minimum Gasteiger partial charge on any atom is -0.382 e. The SMILES string of the molecule is CCc1ccc(N(C)c2cnc(N)cn2)cc1. The number of anilines is 3. The lowest BCUT2D eigenvalue weighted by Crippen LogP contribution is -2.11. The molecule has 0 aliphatic carbocycles. The van der Waals surface area contributed by atoms with E-state index in [0.29, 0.717) is 5.82 Å². The Bertz CT molecular complexity index is 476. The van der Waals surface area contributed by atoms with E-state index in [1.54, 1.807) is 12.4 Å². The van der Waals surface area contributed by atoms with E-state index in [4.69, 9.17) is 5.73 Å². The Hall–Kier alpha value is -2.10. The molecule has 17 heavy (non-hydrogen) atoms. The van der Waals surface area contributed by atoms with Crippen molar-refractivity contribution in [2.45, 2.75) is 13.3 Å². The van der Waals surface area contributed by atoms with Crippen LogP contribution in [-0.4, -0.2) is 17.0 Å². The molecule has 0 aliphatic heterocycles. The van der Waals surface area contributed by atoms with Crippen molar-refractivity contribution in [1.82, 2.24) is 9.97 Å². The fourth-order valence-electron chi connectivity index (χ4n) is 1.59. The first kappa shape index (κ1) is 11.4. The predicted molar refractivity (Wildman–Crippen MR) is 70.3 cm³/mol. The Balaban J connectivity index is 2.23. The summed E-state index contributed by atoms with van der Waals surface area (Å²) >= 11 is 0. The second-order valence-corrected chi connectivity index (χ2v) is 3.88. The van der Waals surface area contributed by atoms with Gasteiger partial charge in [0.05, 0.1) is 12.4 Å². The molecule has 0 unspecified atom stereocenters. The van der Waals surface area contributed by atoms with Crippen LogP contribution in [0.3, 0.4) is 0 Å². The molecular formula is C13H16N4. The number of nitrogens with two attached hydrogens (primary N) is 1. The van der Waals surface area contributed by atoms with Crippen LogP contribution < -0.4 is 10.6 Å². The minimum atomic E-state index is 0.434. The Kier molecular flexibility index (Phi) is 3.23. The molecule has 4 nitrogen and oxygen atoms in total. The van der Waals surface area contributed by atoms with Crippen LogP contribution in [0.25, 0.3) is 0 Å². The molecule has 0 amide bonds. The van der Waals surface area contributed by atoms with Gasteiger partial charge in [-0.05, 0) is 24.1 Å². The Morgan fingerprint density at radius 1 is 1.12 bits per heavy atom. The Morgan fingerprint density at radius 3 is 2.35 bits per heavy atom. The monoisotopic (exact) mass is 228 g/mol. The maximum atomic E-state index is 5.51. The zero-order valence-corrected chi connectivity index (χ0v) is 10.1. The van der Waals surface area contributed by atoms with Crippen molar-refractivity contribution < 1.29 is 0 Å². The van der Waals surface area contributed by atoms with E-state index in [9.17, 15) is 0 Å². The first-order valence-corrected chi connectivity index (χ1v) is 5.61. The van der Waals surface area contributed by atoms with Gasteiger partial charge in [-0.3, -0.25) is 0 Å². The second kappa shape index (κ2) is 4.82. The third-order valence-corrected chi connectivity index (χ3v) is 2.73. The van der Waals surface area contributed by atoms with Gasteiger partial charge >= 0.3 is 0 Å². The van der Waals surface area contributed by atoms with Crippen molar-refractivity contribution in [3.05, 3.63) is 42.2 Å². The second-order valence-electron chi connectivity index (χ2n) is 3.88. The summed E-state index contributed by atoms with van der Waals surface area (Å²) in [5, 5.41) is 0. The van der Waals surface area contributed by atoms with E-state index in [1.807, 2.05) is 11.9 Å². The van der Waals surface area contributed by atoms with Crippen LogP contribution in [0.4, 0.5) is 17.3 Å². The molecular weight excluding hydrogens is 212 g/mol. The van der Waals surface area contributed by atoms with Gasteiger partial charge in [0.2, 0.25) is 0 Å². The van der Waals surface area contributed by atoms with Crippen molar-refractivity contribution >= 4 is 17.3 Å². The number of aryl methyl sites for hydroxylation is 1. The van der Waals surface area contributed by atoms with Gasteiger partial charge in [0.15, 0.2) is 5.82 Å². The molecule has 0 spiro atoms. The number of nitrogens with zero attached hydrogens (tertiary/aromatic N) is 3. The first-order chi connectivity index (χ1) is 8.20. The van der Waals surface area contributed by atoms with Gasteiger partial charge in [0.1, 0.15) is 5.82 Å². The lowest BCUT2D eigenvalue weighted by atomic mass is 10.1. The highest BCUT2D eigenvalue weighted by Gasteiger charge is 2.05. The smallest absolute Gasteiger partial charge is 0.151 e. The molecule has 0 radical (unpaired) electrons. The number of rotatable bonds is 3. The van der Waals surface area contributed by atoms with E-state index in [0.717, 1.165) is 17.9 Å². The van der Waals surface area contributed by atoms with Gasteiger partial charge in [-0.15, -0.1) is 0 Å². The normalized spacial score (nSPS) is 10.2. The Labute approximate surface area is 101 Å². The summed E-state index contributed by atoms with van der Waals surface area (Å²) in [6, 6.07) is 8.40. The maximum absolute atomic E-state index is 5.51. The van der Waals surface area contributed by atoms with Crippen LogP contribution in [-0.2, 0) is 6.42 Å². The van der Waals surface area contributed by atoms with Crippen LogP contribution in [0.5, 0.6) is 0 Å². The molecule has 0 aliphatic rings. The third-order valence-electron chi connectivity index (χ3n) is 2.73. The highest BCUT2D eigenvalue weighted by Crippen LogP contribution is 2.21. The number of benzene rings is 1. The van der Waals surface area contributed by atoms with Gasteiger partial charge in [0.25, 0.3) is 0 Å². The minimum absolute atomic E-state index is 0.434. The third kappa shape index (κ3) is 2.53. The maximum Gasteiger partial charge on any atom is 0.151 e. The molecule has 4 heteroatoms. The van der Waals surface area contributed by atoms with E-state index >= 15 is 0 Å². The van der Waals surface area contributed by atoms with E-state index in [2.05, 4.69) is 41.2 Å². The fraction of sp³-hybridized carbons (Fsp3) is 0.231. The highest BCUT2D eigenvalue weighted by molar-refractivity contribution is 5.59. The van der Waals surface area contributed by atoms with Gasteiger partial charge in [-0.25, -0.2) is 9.97 Å². The summed E-state index contributed by atoms with van der Waals surface area (Å²) < 4.78 is 0. The first-order valence-electron chi connectivity index (χ1n) is 5.61. The zero-order valence-electron chi connectivity index (χ0n) is 10.1. The molecule has 2 N–H and O–H groups in total. The number of nitrogen functional groups attached to an aromatic ring is 1. The van der Waals surface area contributed by atoms with Crippen LogP contribution in [0.2, 0.25) is 0 Å². The van der Waals surface area contributed by atoms with Crippen LogP contribution in [0.15, 0.2) is 36.7 Å². The standard InChI is InChI=1S/C13H16N4/c1-3-10-4-6-11(7-5-10)17(2)13-9-15-12(14)8-16-13/h4-9H,3H2,1-2H3,(H2,14,15). The number of hydrogen-bond acceptors (Lipinski definition) is 4. The summed E-state index contributed by atoms with van der Waals surface area (Å²) in [4.78, 5) is 10.2. The van der Waals surface area contributed by atoms with Gasteiger partial charge in [0, 0.05) is 12.7 Å². The molecule has 2 rings (SSSR count). The highest BCUT2D eigenvalue weighted by atomic mass is 15.2. The molecule has 0 saturated carbocycles. The average Bonchev–Trinajstić information content (AvgIpc) is 2.39. The van der Waals surface area contributed by atoms with Crippen molar-refractivity contribution in [3.8, 4) is 0 Å². The van der Waals surface area contributed by atoms with Crippen molar-refractivity contribution in [1.29, 1.82) is 0 Å². The van der Waals surface area contributed by atoms with Crippen LogP contribution in [0, 0.1) is 0 Å². The summed E-state index contributed by atoms with van der Waals surface area (Å²) in [5.74, 6) is 1.21. The summed E-state index contributed by atoms with van der Waals surface area (Å²) in [5.41, 5.74) is 7.92. The molecule has 0 fully saturated rings. The lowest BCUT2D eigenvalue weighted by Gasteiger charge is -2.18. The molecule has 88 valence electrons. The summed E-state index contributed by atoms with van der Waals surface area (Å²) in [7, 11) is 1.96. The molecule has 1 aromatic carbocycles. The van der Waals surface area contributed by atoms with Crippen molar-refractivity contribution in [2.75, 3.05) is 17.7 Å². The summed E-state index contributed by atoms with van der Waals surface area (Å²) in [6.45, 7) is 2.14. The fourth-order valence-corrected chi connectivity index (χ4v) is 1.59. The van der Waals surface area contributed by atoms with E-state index in [1.165, 1.54) is 5.56 Å². The van der Waals surface area contributed by atoms with Gasteiger partial charge < -0.3 is 10.6 Å². The van der Waals surface area contributed by atoms with Crippen LogP contribution in [0.1, 0.15) is 12.5 Å². The van der Waals surface area contributed by atoms with Crippen molar-refractivity contribution in [2.24, 2.45) is 0 Å². The topological polar surface area (TPSA) is 55.0 Å². The average molecular weight is 228 g/mol. The molecule has 1 heterocycles. The number of hydrogen-bond donors (Lipinski definition) is 1. The van der Waals surface area contributed by atoms with E-state index < -0.39 is 0 Å². The molecule has 0 bridgehead atoms. The zero-order chi connectivity index (χ0) is 12.3. The van der Waals surface area contributed by atoms with E-state index in [-0.39, 0.29) is 0 Å².